The number of halogens is 1. The Bertz CT molecular complexity index is 320. The number of aliphatic hydroxyl groups excluding tert-OH is 1. The molecule has 16 heavy (non-hydrogen) atoms. The van der Waals surface area contributed by atoms with E-state index in [4.69, 9.17) is 0 Å². The summed E-state index contributed by atoms with van der Waals surface area (Å²) in [5.41, 5.74) is 0. The minimum atomic E-state index is -0.306. The summed E-state index contributed by atoms with van der Waals surface area (Å²) in [7, 11) is 0. The van der Waals surface area contributed by atoms with E-state index in [0.29, 0.717) is 18.3 Å². The quantitative estimate of drug-likeness (QED) is 0.793. The molecule has 90 valence electrons. The summed E-state index contributed by atoms with van der Waals surface area (Å²) in [6, 6.07) is 8.48. The molecule has 2 nitrogen and oxygen atoms in total. The molecule has 0 aliphatic carbocycles. The van der Waals surface area contributed by atoms with Gasteiger partial charge in [0.05, 0.1) is 6.10 Å². The normalized spacial score (nSPS) is 13.1. The van der Waals surface area contributed by atoms with Gasteiger partial charge in [-0.05, 0) is 28.1 Å². The fourth-order valence-electron chi connectivity index (χ4n) is 1.18. The van der Waals surface area contributed by atoms with Crippen molar-refractivity contribution in [1.29, 1.82) is 0 Å². The number of benzene rings is 1. The summed E-state index contributed by atoms with van der Waals surface area (Å²) in [4.78, 5) is 1.17. The second-order valence-corrected chi connectivity index (χ2v) is 5.87. The molecule has 1 aromatic rings. The van der Waals surface area contributed by atoms with Crippen LogP contribution in [-0.4, -0.2) is 29.5 Å². The number of hydrogen-bond acceptors (Lipinski definition) is 3. The van der Waals surface area contributed by atoms with Gasteiger partial charge in [-0.15, -0.1) is 11.8 Å². The summed E-state index contributed by atoms with van der Waals surface area (Å²) < 4.78 is 1.09. The Labute approximate surface area is 110 Å². The van der Waals surface area contributed by atoms with Crippen LogP contribution >= 0.6 is 27.7 Å². The molecule has 0 amide bonds. The average Bonchev–Trinajstić information content (AvgIpc) is 2.25. The second-order valence-electron chi connectivity index (χ2n) is 3.96. The third kappa shape index (κ3) is 5.34. The summed E-state index contributed by atoms with van der Waals surface area (Å²) in [5.74, 6) is 0.711. The third-order valence-corrected chi connectivity index (χ3v) is 4.20. The molecule has 0 saturated heterocycles. The van der Waals surface area contributed by atoms with E-state index in [-0.39, 0.29) is 6.10 Å². The third-order valence-electron chi connectivity index (χ3n) is 2.03. The smallest absolute Gasteiger partial charge is 0.0758 e. The first kappa shape index (κ1) is 14.0. The van der Waals surface area contributed by atoms with E-state index in [1.807, 2.05) is 18.2 Å². The van der Waals surface area contributed by atoms with Crippen LogP contribution in [0.3, 0.4) is 0 Å². The van der Waals surface area contributed by atoms with Gasteiger partial charge < -0.3 is 10.4 Å². The summed E-state index contributed by atoms with van der Waals surface area (Å²) in [5, 5.41) is 13.0. The maximum Gasteiger partial charge on any atom is 0.0758 e. The highest BCUT2D eigenvalue weighted by atomic mass is 79.9. The van der Waals surface area contributed by atoms with Gasteiger partial charge in [0, 0.05) is 27.7 Å². The predicted molar refractivity (Wildman–Crippen MR) is 74.0 cm³/mol. The minimum absolute atomic E-state index is 0.306. The highest BCUT2D eigenvalue weighted by molar-refractivity contribution is 9.10. The van der Waals surface area contributed by atoms with Crippen LogP contribution in [0.5, 0.6) is 0 Å². The van der Waals surface area contributed by atoms with Crippen LogP contribution in [0.1, 0.15) is 13.8 Å². The Kier molecular flexibility index (Phi) is 6.43. The molecule has 0 aromatic heterocycles. The fraction of sp³-hybridized carbons (Fsp3) is 0.500. The number of aliphatic hydroxyl groups is 1. The molecule has 0 heterocycles. The van der Waals surface area contributed by atoms with E-state index in [1.165, 1.54) is 4.90 Å². The van der Waals surface area contributed by atoms with Crippen LogP contribution in [0, 0.1) is 0 Å². The SMILES string of the molecule is CC(C)NCC(O)CSc1ccccc1Br. The van der Waals surface area contributed by atoms with E-state index in [0.717, 1.165) is 4.47 Å². The van der Waals surface area contributed by atoms with Gasteiger partial charge in [0.2, 0.25) is 0 Å². The molecule has 2 N–H and O–H groups in total. The first-order chi connectivity index (χ1) is 7.59. The fourth-order valence-corrected chi connectivity index (χ4v) is 2.68. The van der Waals surface area contributed by atoms with Crippen LogP contribution in [-0.2, 0) is 0 Å². The average molecular weight is 304 g/mol. The van der Waals surface area contributed by atoms with E-state index in [2.05, 4.69) is 41.2 Å². The molecule has 0 radical (unpaired) electrons. The van der Waals surface area contributed by atoms with Crippen molar-refractivity contribution in [1.82, 2.24) is 5.32 Å². The number of nitrogens with one attached hydrogen (secondary N) is 1. The Hall–Kier alpha value is -0.0300. The van der Waals surface area contributed by atoms with Crippen molar-refractivity contribution in [2.24, 2.45) is 0 Å². The van der Waals surface area contributed by atoms with Gasteiger partial charge in [0.15, 0.2) is 0 Å². The van der Waals surface area contributed by atoms with Crippen molar-refractivity contribution in [3.63, 3.8) is 0 Å². The maximum absolute atomic E-state index is 9.75. The molecule has 0 bridgehead atoms. The van der Waals surface area contributed by atoms with Crippen molar-refractivity contribution in [3.8, 4) is 0 Å². The molecule has 1 unspecified atom stereocenters. The van der Waals surface area contributed by atoms with Crippen molar-refractivity contribution in [3.05, 3.63) is 28.7 Å². The Morgan fingerprint density at radius 1 is 1.38 bits per heavy atom. The van der Waals surface area contributed by atoms with Crippen LogP contribution < -0.4 is 5.32 Å². The van der Waals surface area contributed by atoms with Gasteiger partial charge in [0.1, 0.15) is 0 Å². The van der Waals surface area contributed by atoms with Crippen molar-refractivity contribution >= 4 is 27.7 Å². The molecule has 0 fully saturated rings. The zero-order valence-electron chi connectivity index (χ0n) is 9.61. The lowest BCUT2D eigenvalue weighted by molar-refractivity contribution is 0.192. The van der Waals surface area contributed by atoms with Crippen LogP contribution in [0.4, 0.5) is 0 Å². The number of thioether (sulfide) groups is 1. The molecular formula is C12H18BrNOS. The first-order valence-corrected chi connectivity index (χ1v) is 7.16. The van der Waals surface area contributed by atoms with Crippen molar-refractivity contribution in [2.75, 3.05) is 12.3 Å². The zero-order chi connectivity index (χ0) is 12.0. The van der Waals surface area contributed by atoms with Gasteiger partial charge in [0.25, 0.3) is 0 Å². The molecule has 1 atom stereocenters. The molecular weight excluding hydrogens is 286 g/mol. The molecule has 0 saturated carbocycles. The molecule has 0 aliphatic rings. The summed E-state index contributed by atoms with van der Waals surface area (Å²) in [6.45, 7) is 4.80. The van der Waals surface area contributed by atoms with Gasteiger partial charge in [-0.25, -0.2) is 0 Å². The summed E-state index contributed by atoms with van der Waals surface area (Å²) in [6.07, 6.45) is -0.306. The van der Waals surface area contributed by atoms with Gasteiger partial charge in [-0.1, -0.05) is 26.0 Å². The molecule has 4 heteroatoms. The van der Waals surface area contributed by atoms with Crippen molar-refractivity contribution < 1.29 is 5.11 Å². The Morgan fingerprint density at radius 2 is 2.06 bits per heavy atom. The molecule has 0 aliphatic heterocycles. The maximum atomic E-state index is 9.75. The highest BCUT2D eigenvalue weighted by Crippen LogP contribution is 2.27. The van der Waals surface area contributed by atoms with Gasteiger partial charge in [-0.2, -0.15) is 0 Å². The van der Waals surface area contributed by atoms with Crippen LogP contribution in [0.2, 0.25) is 0 Å². The van der Waals surface area contributed by atoms with Crippen LogP contribution in [0.25, 0.3) is 0 Å². The topological polar surface area (TPSA) is 32.3 Å². The van der Waals surface area contributed by atoms with E-state index in [1.54, 1.807) is 11.8 Å². The minimum Gasteiger partial charge on any atom is -0.391 e. The number of hydrogen-bond donors (Lipinski definition) is 2. The zero-order valence-corrected chi connectivity index (χ0v) is 12.0. The second kappa shape index (κ2) is 7.33. The standard InChI is InChI=1S/C12H18BrNOS/c1-9(2)14-7-10(15)8-16-12-6-4-3-5-11(12)13/h3-6,9-10,14-15H,7-8H2,1-2H3. The van der Waals surface area contributed by atoms with Crippen molar-refractivity contribution in [2.45, 2.75) is 30.9 Å². The summed E-state index contributed by atoms with van der Waals surface area (Å²) >= 11 is 5.16. The van der Waals surface area contributed by atoms with E-state index in [9.17, 15) is 5.11 Å². The lowest BCUT2D eigenvalue weighted by Gasteiger charge is -2.14. The number of rotatable bonds is 6. The largest absolute Gasteiger partial charge is 0.391 e. The Balaban J connectivity index is 2.31. The van der Waals surface area contributed by atoms with Crippen LogP contribution in [0.15, 0.2) is 33.6 Å². The van der Waals surface area contributed by atoms with Gasteiger partial charge in [-0.3, -0.25) is 0 Å². The lowest BCUT2D eigenvalue weighted by atomic mass is 10.3. The molecule has 1 aromatic carbocycles. The van der Waals surface area contributed by atoms with E-state index >= 15 is 0 Å². The predicted octanol–water partition coefficient (Wildman–Crippen LogP) is 2.90. The van der Waals surface area contributed by atoms with Gasteiger partial charge >= 0.3 is 0 Å². The lowest BCUT2D eigenvalue weighted by Crippen LogP contribution is -2.33. The Morgan fingerprint density at radius 3 is 2.69 bits per heavy atom. The van der Waals surface area contributed by atoms with E-state index < -0.39 is 0 Å². The first-order valence-electron chi connectivity index (χ1n) is 5.38. The highest BCUT2D eigenvalue weighted by Gasteiger charge is 2.07. The monoisotopic (exact) mass is 303 g/mol. The molecule has 0 spiro atoms. The molecule has 1 rings (SSSR count).